The minimum Gasteiger partial charge on any atom is -0.439 e. The van der Waals surface area contributed by atoms with Crippen molar-refractivity contribution in [3.8, 4) is 11.6 Å². The third-order valence-electron chi connectivity index (χ3n) is 7.26. The summed E-state index contributed by atoms with van der Waals surface area (Å²) < 4.78 is 29.1. The summed E-state index contributed by atoms with van der Waals surface area (Å²) in [6, 6.07) is 21.8. The number of hydrogen-bond acceptors (Lipinski definition) is 7. The molecule has 218 valence electrons. The number of likely N-dealkylation sites (tertiary alicyclic amines) is 1. The lowest BCUT2D eigenvalue weighted by Gasteiger charge is -2.38. The minimum absolute atomic E-state index is 0.0597. The molecular weight excluding hydrogens is 550 g/mol. The zero-order valence-electron chi connectivity index (χ0n) is 24.0. The molecule has 10 heteroatoms. The molecule has 2 amide bonds. The van der Waals surface area contributed by atoms with Gasteiger partial charge in [0.25, 0.3) is 0 Å². The van der Waals surface area contributed by atoms with Gasteiger partial charge in [-0.15, -0.1) is 0 Å². The summed E-state index contributed by atoms with van der Waals surface area (Å²) in [6.07, 6.45) is 6.34. The summed E-state index contributed by atoms with van der Waals surface area (Å²) in [4.78, 5) is 26.8. The van der Waals surface area contributed by atoms with Crippen LogP contribution in [0.2, 0.25) is 0 Å². The number of nitrogens with one attached hydrogen (secondary N) is 1. The molecular formula is C32H35N5O4S. The Morgan fingerprint density at radius 3 is 2.36 bits per heavy atom. The van der Waals surface area contributed by atoms with Crippen LogP contribution in [0.15, 0.2) is 90.1 Å². The SMILES string of the molecule is Cc1cccc(N(C(=O)Nc2ccc(C)nc2)C2CCN(Cc3ccc(Oc4ccc(S(C)(=O)=O)cc4)nc3)CC2)c1. The van der Waals surface area contributed by atoms with Gasteiger partial charge in [-0.25, -0.2) is 18.2 Å². The fraction of sp³-hybridized carbons (Fsp3) is 0.281. The summed E-state index contributed by atoms with van der Waals surface area (Å²) in [5.74, 6) is 0.957. The van der Waals surface area contributed by atoms with Crippen molar-refractivity contribution >= 4 is 27.2 Å². The number of piperidine rings is 1. The molecule has 0 atom stereocenters. The normalized spacial score (nSPS) is 14.4. The summed E-state index contributed by atoms with van der Waals surface area (Å²) >= 11 is 0. The second-order valence-corrected chi connectivity index (χ2v) is 12.7. The summed E-state index contributed by atoms with van der Waals surface area (Å²) in [5, 5.41) is 3.03. The predicted octanol–water partition coefficient (Wildman–Crippen LogP) is 5.99. The van der Waals surface area contributed by atoms with E-state index in [1.165, 1.54) is 18.4 Å². The van der Waals surface area contributed by atoms with Gasteiger partial charge in [-0.3, -0.25) is 14.8 Å². The number of rotatable bonds is 8. The number of hydrogen-bond donors (Lipinski definition) is 1. The smallest absolute Gasteiger partial charge is 0.326 e. The molecule has 1 fully saturated rings. The number of urea groups is 1. The van der Waals surface area contributed by atoms with Crippen LogP contribution in [0, 0.1) is 13.8 Å². The number of sulfone groups is 1. The van der Waals surface area contributed by atoms with E-state index in [1.54, 1.807) is 24.5 Å². The van der Waals surface area contributed by atoms with Crippen molar-refractivity contribution in [1.82, 2.24) is 14.9 Å². The number of nitrogens with zero attached hydrogens (tertiary/aromatic N) is 4. The van der Waals surface area contributed by atoms with E-state index in [1.807, 2.05) is 61.2 Å². The zero-order chi connectivity index (χ0) is 29.7. The maximum Gasteiger partial charge on any atom is 0.326 e. The first kappa shape index (κ1) is 29.2. The Morgan fingerprint density at radius 1 is 0.976 bits per heavy atom. The average Bonchev–Trinajstić information content (AvgIpc) is 2.96. The third-order valence-corrected chi connectivity index (χ3v) is 8.39. The Bertz CT molecular complexity index is 1620. The number of ether oxygens (including phenoxy) is 1. The highest BCUT2D eigenvalue weighted by Crippen LogP contribution is 2.27. The average molecular weight is 586 g/mol. The molecule has 0 bridgehead atoms. The van der Waals surface area contributed by atoms with Gasteiger partial charge in [0.2, 0.25) is 5.88 Å². The molecule has 2 aromatic heterocycles. The Balaban J connectivity index is 1.19. The maximum absolute atomic E-state index is 13.5. The van der Waals surface area contributed by atoms with Crippen LogP contribution in [-0.4, -0.2) is 54.7 Å². The van der Waals surface area contributed by atoms with Crippen molar-refractivity contribution in [3.05, 3.63) is 102 Å². The zero-order valence-corrected chi connectivity index (χ0v) is 24.8. The first-order valence-electron chi connectivity index (χ1n) is 13.9. The number of anilines is 2. The van der Waals surface area contributed by atoms with E-state index in [0.717, 1.165) is 55.0 Å². The quantitative estimate of drug-likeness (QED) is 0.271. The monoisotopic (exact) mass is 585 g/mol. The lowest BCUT2D eigenvalue weighted by molar-refractivity contribution is 0.199. The van der Waals surface area contributed by atoms with Crippen LogP contribution < -0.4 is 15.0 Å². The van der Waals surface area contributed by atoms with Gasteiger partial charge in [0.05, 0.1) is 16.8 Å². The van der Waals surface area contributed by atoms with Crippen molar-refractivity contribution < 1.29 is 17.9 Å². The number of aryl methyl sites for hydroxylation is 2. The highest BCUT2D eigenvalue weighted by atomic mass is 32.2. The van der Waals surface area contributed by atoms with Crippen molar-refractivity contribution in [2.75, 3.05) is 29.6 Å². The second-order valence-electron chi connectivity index (χ2n) is 10.7. The van der Waals surface area contributed by atoms with Gasteiger partial charge < -0.3 is 10.1 Å². The summed E-state index contributed by atoms with van der Waals surface area (Å²) in [5.41, 5.74) is 4.62. The third kappa shape index (κ3) is 7.51. The van der Waals surface area contributed by atoms with Gasteiger partial charge in [0.15, 0.2) is 9.84 Å². The van der Waals surface area contributed by atoms with Gasteiger partial charge >= 0.3 is 6.03 Å². The van der Waals surface area contributed by atoms with Crippen LogP contribution in [0.1, 0.15) is 29.7 Å². The molecule has 1 aliphatic heterocycles. The number of benzene rings is 2. The van der Waals surface area contributed by atoms with E-state index in [9.17, 15) is 13.2 Å². The van der Waals surface area contributed by atoms with Crippen molar-refractivity contribution in [2.24, 2.45) is 0 Å². The Hall–Kier alpha value is -4.28. The van der Waals surface area contributed by atoms with Crippen LogP contribution in [-0.2, 0) is 16.4 Å². The summed E-state index contributed by atoms with van der Waals surface area (Å²) in [6.45, 7) is 6.38. The molecule has 0 radical (unpaired) electrons. The van der Waals surface area contributed by atoms with Crippen LogP contribution in [0.25, 0.3) is 0 Å². The van der Waals surface area contributed by atoms with E-state index in [4.69, 9.17) is 4.74 Å². The number of carbonyl (C=O) groups excluding carboxylic acids is 1. The molecule has 3 heterocycles. The van der Waals surface area contributed by atoms with Crippen LogP contribution >= 0.6 is 0 Å². The number of amides is 2. The van der Waals surface area contributed by atoms with Gasteiger partial charge in [0, 0.05) is 55.6 Å². The molecule has 0 unspecified atom stereocenters. The molecule has 2 aromatic carbocycles. The molecule has 1 saturated heterocycles. The first-order valence-corrected chi connectivity index (χ1v) is 15.8. The Labute approximate surface area is 247 Å². The van der Waals surface area contributed by atoms with Crippen LogP contribution in [0.4, 0.5) is 16.2 Å². The largest absolute Gasteiger partial charge is 0.439 e. The molecule has 0 saturated carbocycles. The Kier molecular flexibility index (Phi) is 8.84. The van der Waals surface area contributed by atoms with Gasteiger partial charge in [-0.1, -0.05) is 18.2 Å². The van der Waals surface area contributed by atoms with Gasteiger partial charge in [-0.2, -0.15) is 0 Å². The maximum atomic E-state index is 13.5. The van der Waals surface area contributed by atoms with Crippen molar-refractivity contribution in [3.63, 3.8) is 0 Å². The lowest BCUT2D eigenvalue weighted by Crippen LogP contribution is -2.49. The van der Waals surface area contributed by atoms with E-state index < -0.39 is 9.84 Å². The topological polar surface area (TPSA) is 105 Å². The van der Waals surface area contributed by atoms with Gasteiger partial charge in [0.1, 0.15) is 5.75 Å². The molecule has 0 spiro atoms. The second kappa shape index (κ2) is 12.7. The van der Waals surface area contributed by atoms with Crippen molar-refractivity contribution in [2.45, 2.75) is 44.2 Å². The fourth-order valence-electron chi connectivity index (χ4n) is 5.03. The minimum atomic E-state index is -3.26. The standard InChI is InChI=1S/C32H35N5O4S/c1-23-5-4-6-28(19-23)37(32(38)35-26-9-7-24(2)33-21-26)27-15-17-36(18-16-27)22-25-8-14-31(34-20-25)41-29-10-12-30(13-11-29)42(3,39)40/h4-14,19-21,27H,15-18,22H2,1-3H3,(H,35,38). The molecule has 5 rings (SSSR count). The number of carbonyl (C=O) groups is 1. The molecule has 1 aliphatic rings. The molecule has 4 aromatic rings. The fourth-order valence-corrected chi connectivity index (χ4v) is 5.66. The molecule has 9 nitrogen and oxygen atoms in total. The Morgan fingerprint density at radius 2 is 1.74 bits per heavy atom. The van der Waals surface area contributed by atoms with Crippen LogP contribution in [0.5, 0.6) is 11.6 Å². The van der Waals surface area contributed by atoms with Crippen molar-refractivity contribution in [1.29, 1.82) is 0 Å². The summed E-state index contributed by atoms with van der Waals surface area (Å²) in [7, 11) is -3.26. The number of aromatic nitrogens is 2. The number of pyridine rings is 2. The van der Waals surface area contributed by atoms with E-state index in [2.05, 4.69) is 26.3 Å². The highest BCUT2D eigenvalue weighted by molar-refractivity contribution is 7.90. The van der Waals surface area contributed by atoms with E-state index >= 15 is 0 Å². The van der Waals surface area contributed by atoms with E-state index in [-0.39, 0.29) is 17.0 Å². The van der Waals surface area contributed by atoms with Crippen LogP contribution in [0.3, 0.4) is 0 Å². The first-order chi connectivity index (χ1) is 20.1. The lowest BCUT2D eigenvalue weighted by atomic mass is 10.0. The predicted molar refractivity (Wildman–Crippen MR) is 164 cm³/mol. The van der Waals surface area contributed by atoms with Gasteiger partial charge in [-0.05, 0) is 86.3 Å². The van der Waals surface area contributed by atoms with E-state index in [0.29, 0.717) is 17.3 Å². The molecule has 42 heavy (non-hydrogen) atoms. The highest BCUT2D eigenvalue weighted by Gasteiger charge is 2.29. The molecule has 0 aliphatic carbocycles. The molecule has 1 N–H and O–H groups in total.